The van der Waals surface area contributed by atoms with Crippen molar-refractivity contribution in [3.63, 3.8) is 0 Å². The van der Waals surface area contributed by atoms with Crippen LogP contribution in [0.5, 0.6) is 5.75 Å². The zero-order valence-corrected chi connectivity index (χ0v) is 19.5. The van der Waals surface area contributed by atoms with E-state index in [1.165, 1.54) is 12.1 Å². The quantitative estimate of drug-likeness (QED) is 0.264. The lowest BCUT2D eigenvalue weighted by Gasteiger charge is -2.12. The molecule has 0 fully saturated rings. The van der Waals surface area contributed by atoms with Crippen LogP contribution in [-0.2, 0) is 29.0 Å². The van der Waals surface area contributed by atoms with Crippen molar-refractivity contribution in [2.75, 3.05) is 32.6 Å². The van der Waals surface area contributed by atoms with Crippen LogP contribution in [0.4, 0.5) is 10.2 Å². The second-order valence-corrected chi connectivity index (χ2v) is 8.11. The minimum absolute atomic E-state index is 0.0718. The molecule has 0 aliphatic carbocycles. The van der Waals surface area contributed by atoms with Crippen molar-refractivity contribution in [3.8, 4) is 5.75 Å². The first kappa shape index (κ1) is 24.4. The Hall–Kier alpha value is -3.76. The second kappa shape index (κ2) is 11.1. The fourth-order valence-corrected chi connectivity index (χ4v) is 4.03. The summed E-state index contributed by atoms with van der Waals surface area (Å²) >= 11 is 0. The van der Waals surface area contributed by atoms with E-state index in [1.54, 1.807) is 13.2 Å². The van der Waals surface area contributed by atoms with Crippen molar-refractivity contribution in [1.82, 2.24) is 19.9 Å². The standard InChI is InChI=1S/C25H28FN5O4/c1-34-12-9-21-30-23-24(17-5-2-3-6-19(17)29-25(23)27)31(21)11-4-10-28-14-16-7-8-18(26)20(13-16)35-15-22(32)33/h2-3,5-8,13,28H,4,9-12,14-15H2,1H3,(H2,27,29)(H,32,33). The van der Waals surface area contributed by atoms with Gasteiger partial charge < -0.3 is 30.2 Å². The van der Waals surface area contributed by atoms with Crippen LogP contribution in [0, 0.1) is 5.82 Å². The summed E-state index contributed by atoms with van der Waals surface area (Å²) in [4.78, 5) is 20.0. The number of fused-ring (bicyclic) bond motifs is 3. The minimum atomic E-state index is -1.16. The van der Waals surface area contributed by atoms with E-state index >= 15 is 0 Å². The number of methoxy groups -OCH3 is 1. The fraction of sp³-hybridized carbons (Fsp3) is 0.320. The molecular weight excluding hydrogens is 453 g/mol. The lowest BCUT2D eigenvalue weighted by molar-refractivity contribution is -0.139. The van der Waals surface area contributed by atoms with E-state index in [0.29, 0.717) is 44.0 Å². The van der Waals surface area contributed by atoms with Crippen LogP contribution in [0.2, 0.25) is 0 Å². The van der Waals surface area contributed by atoms with Gasteiger partial charge in [-0.1, -0.05) is 24.3 Å². The summed E-state index contributed by atoms with van der Waals surface area (Å²) in [5, 5.41) is 13.1. The highest BCUT2D eigenvalue weighted by Crippen LogP contribution is 2.29. The van der Waals surface area contributed by atoms with Crippen LogP contribution < -0.4 is 15.8 Å². The molecule has 0 saturated carbocycles. The lowest BCUT2D eigenvalue weighted by Crippen LogP contribution is -2.18. The third-order valence-corrected chi connectivity index (χ3v) is 5.63. The summed E-state index contributed by atoms with van der Waals surface area (Å²) in [6, 6.07) is 12.3. The van der Waals surface area contributed by atoms with Gasteiger partial charge in [0.1, 0.15) is 11.3 Å². The summed E-state index contributed by atoms with van der Waals surface area (Å²) in [6.45, 7) is 1.86. The normalized spacial score (nSPS) is 11.4. The van der Waals surface area contributed by atoms with Crippen LogP contribution in [0.25, 0.3) is 21.9 Å². The zero-order chi connectivity index (χ0) is 24.8. The number of ether oxygens (including phenoxy) is 2. The molecule has 0 spiro atoms. The molecule has 9 nitrogen and oxygen atoms in total. The molecule has 0 aliphatic rings. The van der Waals surface area contributed by atoms with E-state index in [0.717, 1.165) is 34.2 Å². The van der Waals surface area contributed by atoms with Crippen LogP contribution in [0.1, 0.15) is 17.8 Å². The SMILES string of the molecule is COCCc1nc2c(N)nc3ccccc3c2n1CCCNCc1ccc(F)c(OCC(=O)O)c1. The van der Waals surface area contributed by atoms with Gasteiger partial charge in [-0.25, -0.2) is 19.2 Å². The number of nitrogen functional groups attached to an aromatic ring is 1. The molecule has 2 heterocycles. The highest BCUT2D eigenvalue weighted by atomic mass is 19.1. The van der Waals surface area contributed by atoms with Gasteiger partial charge in [-0.3, -0.25) is 0 Å². The van der Waals surface area contributed by atoms with Gasteiger partial charge in [-0.05, 0) is 36.7 Å². The molecule has 4 rings (SSSR count). The number of nitrogens with zero attached hydrogens (tertiary/aromatic N) is 3. The van der Waals surface area contributed by atoms with Crippen molar-refractivity contribution in [3.05, 3.63) is 59.7 Å². The number of carboxylic acids is 1. The van der Waals surface area contributed by atoms with Gasteiger partial charge >= 0.3 is 5.97 Å². The number of nitrogens with one attached hydrogen (secondary N) is 1. The molecule has 4 N–H and O–H groups in total. The molecule has 0 atom stereocenters. The van der Waals surface area contributed by atoms with Crippen molar-refractivity contribution < 1.29 is 23.8 Å². The van der Waals surface area contributed by atoms with Gasteiger partial charge in [-0.2, -0.15) is 0 Å². The number of para-hydroxylation sites is 1. The van der Waals surface area contributed by atoms with Crippen LogP contribution >= 0.6 is 0 Å². The molecule has 2 aromatic carbocycles. The Morgan fingerprint density at radius 3 is 2.86 bits per heavy atom. The number of pyridine rings is 1. The second-order valence-electron chi connectivity index (χ2n) is 8.11. The number of aromatic nitrogens is 3. The maximum atomic E-state index is 13.8. The van der Waals surface area contributed by atoms with Crippen molar-refractivity contribution in [2.45, 2.75) is 25.9 Å². The lowest BCUT2D eigenvalue weighted by atomic mass is 10.2. The molecule has 0 radical (unpaired) electrons. The van der Waals surface area contributed by atoms with Crippen molar-refractivity contribution in [1.29, 1.82) is 0 Å². The smallest absolute Gasteiger partial charge is 0.341 e. The van der Waals surface area contributed by atoms with Gasteiger partial charge in [-0.15, -0.1) is 0 Å². The highest BCUT2D eigenvalue weighted by molar-refractivity contribution is 6.06. The van der Waals surface area contributed by atoms with E-state index < -0.39 is 18.4 Å². The number of carboxylic acid groups (broad SMARTS) is 1. The summed E-state index contributed by atoms with van der Waals surface area (Å²) in [5.74, 6) is -0.518. The molecule has 0 unspecified atom stereocenters. The average Bonchev–Trinajstić information content (AvgIpc) is 3.22. The predicted octanol–water partition coefficient (Wildman–Crippen LogP) is 3.14. The molecular formula is C25H28FN5O4. The summed E-state index contributed by atoms with van der Waals surface area (Å²) in [7, 11) is 1.66. The Labute approximate surface area is 201 Å². The van der Waals surface area contributed by atoms with Gasteiger partial charge in [0.05, 0.1) is 17.6 Å². The maximum absolute atomic E-state index is 13.8. The Kier molecular flexibility index (Phi) is 7.74. The third-order valence-electron chi connectivity index (χ3n) is 5.63. The predicted molar refractivity (Wildman–Crippen MR) is 131 cm³/mol. The zero-order valence-electron chi connectivity index (χ0n) is 19.5. The van der Waals surface area contributed by atoms with Gasteiger partial charge in [0.15, 0.2) is 24.0 Å². The molecule has 4 aromatic rings. The van der Waals surface area contributed by atoms with E-state index in [-0.39, 0.29) is 5.75 Å². The average molecular weight is 482 g/mol. The number of hydrogen-bond donors (Lipinski definition) is 3. The summed E-state index contributed by atoms with van der Waals surface area (Å²) < 4.78 is 26.3. The first-order valence-electron chi connectivity index (χ1n) is 11.3. The Balaban J connectivity index is 1.45. The number of imidazole rings is 1. The van der Waals surface area contributed by atoms with Crippen molar-refractivity contribution >= 4 is 33.7 Å². The van der Waals surface area contributed by atoms with Crippen LogP contribution in [0.3, 0.4) is 0 Å². The minimum Gasteiger partial charge on any atom is -0.479 e. The molecule has 2 aromatic heterocycles. The Morgan fingerprint density at radius 2 is 2.06 bits per heavy atom. The van der Waals surface area contributed by atoms with Gasteiger partial charge in [0.2, 0.25) is 0 Å². The Bertz CT molecular complexity index is 1340. The topological polar surface area (TPSA) is 125 Å². The monoisotopic (exact) mass is 481 g/mol. The number of hydrogen-bond acceptors (Lipinski definition) is 7. The Morgan fingerprint density at radius 1 is 1.23 bits per heavy atom. The number of nitrogens with two attached hydrogens (primary N) is 1. The molecule has 10 heteroatoms. The molecule has 0 bridgehead atoms. The largest absolute Gasteiger partial charge is 0.479 e. The number of carbonyl (C=O) groups is 1. The van der Waals surface area contributed by atoms with Gasteiger partial charge in [0.25, 0.3) is 0 Å². The summed E-state index contributed by atoms with van der Waals surface area (Å²) in [5.41, 5.74) is 9.53. The number of rotatable bonds is 12. The first-order valence-corrected chi connectivity index (χ1v) is 11.3. The number of benzene rings is 2. The van der Waals surface area contributed by atoms with E-state index in [9.17, 15) is 9.18 Å². The van der Waals surface area contributed by atoms with Crippen LogP contribution in [0.15, 0.2) is 42.5 Å². The molecule has 0 aliphatic heterocycles. The third kappa shape index (κ3) is 5.67. The number of aryl methyl sites for hydroxylation is 1. The number of anilines is 1. The van der Waals surface area contributed by atoms with E-state index in [2.05, 4.69) is 14.9 Å². The van der Waals surface area contributed by atoms with E-state index in [1.807, 2.05) is 24.3 Å². The maximum Gasteiger partial charge on any atom is 0.341 e. The molecule has 0 amide bonds. The molecule has 184 valence electrons. The highest BCUT2D eigenvalue weighted by Gasteiger charge is 2.17. The molecule has 35 heavy (non-hydrogen) atoms. The van der Waals surface area contributed by atoms with Crippen molar-refractivity contribution in [2.24, 2.45) is 0 Å². The van der Waals surface area contributed by atoms with Gasteiger partial charge in [0, 0.05) is 32.0 Å². The molecule has 0 saturated heterocycles. The number of halogens is 1. The first-order chi connectivity index (χ1) is 17.0. The number of aliphatic carboxylic acids is 1. The van der Waals surface area contributed by atoms with E-state index in [4.69, 9.17) is 25.3 Å². The fourth-order valence-electron chi connectivity index (χ4n) is 4.03. The van der Waals surface area contributed by atoms with Crippen LogP contribution in [-0.4, -0.2) is 52.5 Å². The summed E-state index contributed by atoms with van der Waals surface area (Å²) in [6.07, 6.45) is 1.46.